The second kappa shape index (κ2) is 12.9. The van der Waals surface area contributed by atoms with E-state index in [0.717, 1.165) is 19.2 Å². The highest BCUT2D eigenvalue weighted by atomic mass is 32.3. The van der Waals surface area contributed by atoms with Crippen LogP contribution in [0.5, 0.6) is 0 Å². The van der Waals surface area contributed by atoms with Crippen molar-refractivity contribution in [2.24, 2.45) is 0 Å². The summed E-state index contributed by atoms with van der Waals surface area (Å²) in [5.74, 6) is 0. The van der Waals surface area contributed by atoms with Crippen LogP contribution in [0.15, 0.2) is 21.9 Å². The van der Waals surface area contributed by atoms with E-state index in [1.807, 2.05) is 4.98 Å². The number of aromatic nitrogens is 2. The highest BCUT2D eigenvalue weighted by Crippen LogP contribution is 2.62. The van der Waals surface area contributed by atoms with E-state index in [2.05, 4.69) is 13.0 Å². The number of aromatic amines is 1. The van der Waals surface area contributed by atoms with E-state index in [0.29, 0.717) is 4.57 Å². The van der Waals surface area contributed by atoms with Gasteiger partial charge in [-0.25, -0.2) is 18.1 Å². The van der Waals surface area contributed by atoms with Crippen LogP contribution in [0.25, 0.3) is 0 Å². The molecule has 21 nitrogen and oxygen atoms in total. The average Bonchev–Trinajstić information content (AvgIpc) is 3.06. The predicted octanol–water partition coefficient (Wildman–Crippen LogP) is -4.10. The molecule has 0 spiro atoms. The molecule has 2 rings (SSSR count). The van der Waals surface area contributed by atoms with Crippen LogP contribution in [0.3, 0.4) is 0 Å². The van der Waals surface area contributed by atoms with Gasteiger partial charge in [0, 0.05) is 12.3 Å². The molecule has 8 N–H and O–H groups in total. The number of phosphoric acid groups is 2. The fourth-order valence-corrected chi connectivity index (χ4v) is 5.88. The molecule has 0 aromatic carbocycles. The number of ether oxygens (including phenoxy) is 1. The zero-order chi connectivity index (χ0) is 29.9. The summed E-state index contributed by atoms with van der Waals surface area (Å²) < 4.78 is 78.8. The smallest absolute Gasteiger partial charge is 0.391 e. The first-order valence-corrected chi connectivity index (χ1v) is 14.6. The number of aliphatic hydroxyl groups excluding tert-OH is 4. The molecular weight excluding hydrogens is 606 g/mol. The first kappa shape index (κ1) is 33.5. The van der Waals surface area contributed by atoms with Crippen molar-refractivity contribution >= 4 is 32.3 Å². The minimum absolute atomic E-state index is 0.418. The minimum Gasteiger partial charge on any atom is -0.391 e. The SMILES string of the molecule is C[C@@H](O)[C@@H](O)[C@H](OP(=O)(OC[C@H]1O[C@@H](n2ccc(=O)[nH]c2=O)[C@H](O)[C@@H]1O)OP(=O)(O)O)[C@H](C=O)OS(=O)(=O)O. The molecule has 39 heavy (non-hydrogen) atoms. The standard InChI is InChI=1S/C15H24N2O19P2S/c1-6(19)10(21)13(7(4-18)35-39(29,30)31)34-38(28,36-37(25,26)27)32-5-8-11(22)12(23)14(33-8)17-3-2-9(20)16-15(17)24/h2-4,6-8,10-14,19,21-23H,5H2,1H3,(H,16,20,24)(H2,25,26,27)(H,29,30,31)/t6-,7+,8-,10-,11-,12-,13-,14-,38?/m1/s1. The Bertz CT molecular complexity index is 1320. The monoisotopic (exact) mass is 630 g/mol. The maximum absolute atomic E-state index is 13.1. The Morgan fingerprint density at radius 1 is 1.21 bits per heavy atom. The first-order valence-electron chi connectivity index (χ1n) is 10.3. The van der Waals surface area contributed by atoms with Crippen LogP contribution in [0.4, 0.5) is 0 Å². The predicted molar refractivity (Wildman–Crippen MR) is 119 cm³/mol. The van der Waals surface area contributed by atoms with Gasteiger partial charge in [0.25, 0.3) is 5.56 Å². The number of hydrogen-bond acceptors (Lipinski definition) is 16. The molecule has 0 aliphatic carbocycles. The summed E-state index contributed by atoms with van der Waals surface area (Å²) in [6.07, 6.45) is -16.3. The van der Waals surface area contributed by atoms with Gasteiger partial charge in [-0.15, -0.1) is 0 Å². The van der Waals surface area contributed by atoms with Crippen molar-refractivity contribution in [3.05, 3.63) is 33.1 Å². The lowest BCUT2D eigenvalue weighted by molar-refractivity contribution is -0.128. The maximum Gasteiger partial charge on any atom is 0.484 e. The fourth-order valence-electron chi connectivity index (χ4n) is 3.13. The van der Waals surface area contributed by atoms with Gasteiger partial charge in [-0.2, -0.15) is 12.7 Å². The first-order chi connectivity index (χ1) is 17.8. The molecule has 1 saturated heterocycles. The summed E-state index contributed by atoms with van der Waals surface area (Å²) in [4.78, 5) is 54.7. The van der Waals surface area contributed by atoms with Crippen molar-refractivity contribution in [3.63, 3.8) is 0 Å². The van der Waals surface area contributed by atoms with Gasteiger partial charge < -0.3 is 39.7 Å². The summed E-state index contributed by atoms with van der Waals surface area (Å²) >= 11 is 0. The number of nitrogens with zero attached hydrogens (tertiary/aromatic N) is 1. The lowest BCUT2D eigenvalue weighted by atomic mass is 10.1. The molecule has 0 amide bonds. The van der Waals surface area contributed by atoms with E-state index >= 15 is 0 Å². The number of phosphoric ester groups is 1. The van der Waals surface area contributed by atoms with Crippen LogP contribution in [0, 0.1) is 0 Å². The number of H-pyrrole nitrogens is 1. The Balaban J connectivity index is 2.35. The van der Waals surface area contributed by atoms with Crippen LogP contribution in [-0.2, 0) is 46.6 Å². The van der Waals surface area contributed by atoms with Crippen molar-refractivity contribution in [1.82, 2.24) is 9.55 Å². The lowest BCUT2D eigenvalue weighted by Gasteiger charge is -2.31. The van der Waals surface area contributed by atoms with Gasteiger partial charge in [0.2, 0.25) is 0 Å². The van der Waals surface area contributed by atoms with E-state index in [1.54, 1.807) is 0 Å². The van der Waals surface area contributed by atoms with Gasteiger partial charge in [0.05, 0.1) is 12.7 Å². The summed E-state index contributed by atoms with van der Waals surface area (Å²) in [6.45, 7) is -0.360. The van der Waals surface area contributed by atoms with Crippen LogP contribution in [0.1, 0.15) is 13.2 Å². The topological polar surface area (TPSA) is 328 Å². The van der Waals surface area contributed by atoms with Crippen LogP contribution in [0.2, 0.25) is 0 Å². The van der Waals surface area contributed by atoms with Gasteiger partial charge in [-0.3, -0.25) is 27.9 Å². The van der Waals surface area contributed by atoms with E-state index in [1.165, 1.54) is 0 Å². The van der Waals surface area contributed by atoms with E-state index in [-0.39, 0.29) is 0 Å². The van der Waals surface area contributed by atoms with Crippen molar-refractivity contribution in [2.45, 2.75) is 55.9 Å². The third-order valence-electron chi connectivity index (χ3n) is 4.84. The number of carbonyl (C=O) groups is 1. The van der Waals surface area contributed by atoms with Gasteiger partial charge in [-0.05, 0) is 6.92 Å². The van der Waals surface area contributed by atoms with Crippen molar-refractivity contribution < 1.29 is 79.4 Å². The molecular formula is C15H24N2O19P2S. The number of nitrogens with one attached hydrogen (secondary N) is 1. The van der Waals surface area contributed by atoms with Crippen molar-refractivity contribution in [2.75, 3.05) is 6.61 Å². The zero-order valence-electron chi connectivity index (χ0n) is 19.3. The highest BCUT2D eigenvalue weighted by Gasteiger charge is 2.49. The van der Waals surface area contributed by atoms with E-state index in [9.17, 15) is 52.4 Å². The Morgan fingerprint density at radius 2 is 1.82 bits per heavy atom. The third-order valence-corrected chi connectivity index (χ3v) is 7.92. The maximum atomic E-state index is 13.1. The van der Waals surface area contributed by atoms with Gasteiger partial charge >= 0.3 is 31.7 Å². The summed E-state index contributed by atoms with van der Waals surface area (Å²) in [5, 5.41) is 40.3. The Labute approximate surface area is 217 Å². The molecule has 1 aliphatic rings. The molecule has 9 atom stereocenters. The number of hydrogen-bond donors (Lipinski definition) is 8. The fraction of sp³-hybridized carbons (Fsp3) is 0.667. The molecule has 1 aromatic rings. The van der Waals surface area contributed by atoms with Gasteiger partial charge in [0.1, 0.15) is 30.5 Å². The highest BCUT2D eigenvalue weighted by molar-refractivity contribution is 7.80. The van der Waals surface area contributed by atoms with E-state index < -0.39 is 99.1 Å². The van der Waals surface area contributed by atoms with Crippen LogP contribution in [-0.4, -0.2) is 108 Å². The molecule has 0 radical (unpaired) electrons. The Morgan fingerprint density at radius 3 is 2.31 bits per heavy atom. The largest absolute Gasteiger partial charge is 0.484 e. The normalized spacial score (nSPS) is 26.9. The molecule has 1 aromatic heterocycles. The zero-order valence-corrected chi connectivity index (χ0v) is 21.9. The van der Waals surface area contributed by atoms with Crippen LogP contribution < -0.4 is 11.2 Å². The number of carbonyl (C=O) groups excluding carboxylic acids is 1. The van der Waals surface area contributed by atoms with Gasteiger partial charge in [-0.1, -0.05) is 0 Å². The summed E-state index contributed by atoms with van der Waals surface area (Å²) in [7, 11) is -17.1. The minimum atomic E-state index is -5.82. The third kappa shape index (κ3) is 9.42. The van der Waals surface area contributed by atoms with E-state index in [4.69, 9.17) is 23.6 Å². The van der Waals surface area contributed by atoms with Gasteiger partial charge in [0.15, 0.2) is 18.6 Å². The molecule has 2 heterocycles. The quantitative estimate of drug-likeness (QED) is 0.0550. The Kier molecular flexibility index (Phi) is 11.0. The molecule has 224 valence electrons. The molecule has 0 bridgehead atoms. The molecule has 0 saturated carbocycles. The number of aldehydes is 1. The number of rotatable bonds is 14. The lowest BCUT2D eigenvalue weighted by Crippen LogP contribution is -2.47. The summed E-state index contributed by atoms with van der Waals surface area (Å²) in [6, 6.07) is 0.870. The average molecular weight is 630 g/mol. The summed E-state index contributed by atoms with van der Waals surface area (Å²) in [5.41, 5.74) is -1.88. The second-order valence-corrected chi connectivity index (χ2v) is 11.9. The number of aliphatic hydroxyl groups is 4. The molecule has 1 fully saturated rings. The molecule has 24 heteroatoms. The van der Waals surface area contributed by atoms with Crippen molar-refractivity contribution in [3.8, 4) is 0 Å². The van der Waals surface area contributed by atoms with Crippen LogP contribution >= 0.6 is 15.6 Å². The second-order valence-electron chi connectivity index (χ2n) is 7.80. The Hall–Kier alpha value is -1.72. The molecule has 1 unspecified atom stereocenters. The molecule has 1 aliphatic heterocycles. The van der Waals surface area contributed by atoms with Crippen molar-refractivity contribution in [1.29, 1.82) is 0 Å².